The number of anilines is 2. The summed E-state index contributed by atoms with van der Waals surface area (Å²) in [5.41, 5.74) is 3.18. The molecule has 0 radical (unpaired) electrons. The molecule has 0 aliphatic rings. The Hall–Kier alpha value is -3.06. The number of nitrogens with one attached hydrogen (secondary N) is 1. The van der Waals surface area contributed by atoms with E-state index in [9.17, 15) is 5.11 Å². The molecule has 3 aromatic rings. The summed E-state index contributed by atoms with van der Waals surface area (Å²) in [5, 5.41) is 13.8. The second-order valence-corrected chi connectivity index (χ2v) is 4.73. The second-order valence-electron chi connectivity index (χ2n) is 4.73. The highest BCUT2D eigenvalue weighted by Crippen LogP contribution is 2.28. The molecule has 0 fully saturated rings. The summed E-state index contributed by atoms with van der Waals surface area (Å²) in [6.45, 7) is 1.83. The minimum absolute atomic E-state index is 0.220. The molecule has 2 aromatic carbocycles. The fourth-order valence-corrected chi connectivity index (χ4v) is 2.12. The summed E-state index contributed by atoms with van der Waals surface area (Å²) in [6.07, 6.45) is 6.89. The molecule has 0 aliphatic heterocycles. The van der Waals surface area contributed by atoms with Gasteiger partial charge in [-0.05, 0) is 42.8 Å². The molecule has 3 rings (SSSR count). The zero-order valence-corrected chi connectivity index (χ0v) is 11.5. The molecule has 4 nitrogen and oxygen atoms in total. The third kappa shape index (κ3) is 2.49. The summed E-state index contributed by atoms with van der Waals surface area (Å²) in [7, 11) is 0. The van der Waals surface area contributed by atoms with E-state index in [1.807, 2.05) is 37.3 Å². The number of nitrogens with zero attached hydrogens (tertiary/aromatic N) is 2. The highest BCUT2D eigenvalue weighted by molar-refractivity contribution is 5.92. The van der Waals surface area contributed by atoms with Gasteiger partial charge in [0.05, 0.1) is 5.52 Å². The van der Waals surface area contributed by atoms with Gasteiger partial charge in [-0.15, -0.1) is 6.42 Å². The average Bonchev–Trinajstić information content (AvgIpc) is 2.49. The number of aryl methyl sites for hydroxylation is 1. The molecule has 1 heterocycles. The molecule has 0 spiro atoms. The molecular formula is C17H13N3O. The Morgan fingerprint density at radius 3 is 2.86 bits per heavy atom. The minimum Gasteiger partial charge on any atom is -0.508 e. The van der Waals surface area contributed by atoms with Gasteiger partial charge in [0.25, 0.3) is 0 Å². The van der Waals surface area contributed by atoms with Crippen LogP contribution in [0, 0.1) is 19.3 Å². The number of phenolic OH excluding ortho intramolecular Hbond substituents is 1. The lowest BCUT2D eigenvalue weighted by Crippen LogP contribution is -1.96. The first kappa shape index (κ1) is 12.9. The van der Waals surface area contributed by atoms with Crippen LogP contribution in [-0.2, 0) is 0 Å². The van der Waals surface area contributed by atoms with E-state index < -0.39 is 0 Å². The quantitative estimate of drug-likeness (QED) is 0.704. The van der Waals surface area contributed by atoms with Gasteiger partial charge in [-0.1, -0.05) is 12.0 Å². The van der Waals surface area contributed by atoms with Crippen LogP contribution in [0.25, 0.3) is 10.9 Å². The van der Waals surface area contributed by atoms with E-state index in [1.165, 1.54) is 6.33 Å². The van der Waals surface area contributed by atoms with Crippen LogP contribution in [0.5, 0.6) is 5.75 Å². The van der Waals surface area contributed by atoms with E-state index in [1.54, 1.807) is 6.07 Å². The molecular weight excluding hydrogens is 262 g/mol. The first-order valence-electron chi connectivity index (χ1n) is 6.45. The van der Waals surface area contributed by atoms with Crippen LogP contribution in [0.15, 0.2) is 42.7 Å². The Morgan fingerprint density at radius 1 is 1.19 bits per heavy atom. The lowest BCUT2D eigenvalue weighted by atomic mass is 10.1. The third-order valence-electron chi connectivity index (χ3n) is 3.25. The van der Waals surface area contributed by atoms with Gasteiger partial charge in [0.15, 0.2) is 0 Å². The topological polar surface area (TPSA) is 58.0 Å². The number of benzene rings is 2. The standard InChI is InChI=1S/C17H13N3O/c1-3-12-5-4-6-13(8-12)20-17-14-9-16(21)11(2)7-15(14)18-10-19-17/h1,4-10,21H,2H3,(H,18,19,20). The van der Waals surface area contributed by atoms with E-state index in [-0.39, 0.29) is 5.75 Å². The van der Waals surface area contributed by atoms with Crippen LogP contribution < -0.4 is 5.32 Å². The maximum Gasteiger partial charge on any atom is 0.141 e. The average molecular weight is 275 g/mol. The minimum atomic E-state index is 0.220. The molecule has 0 aliphatic carbocycles. The fourth-order valence-electron chi connectivity index (χ4n) is 2.12. The SMILES string of the molecule is C#Cc1cccc(Nc2ncnc3cc(C)c(O)cc23)c1. The molecule has 2 N–H and O–H groups in total. The van der Waals surface area contributed by atoms with Gasteiger partial charge in [-0.25, -0.2) is 9.97 Å². The monoisotopic (exact) mass is 275 g/mol. The predicted molar refractivity (Wildman–Crippen MR) is 83.6 cm³/mol. The molecule has 0 unspecified atom stereocenters. The van der Waals surface area contributed by atoms with Crippen molar-refractivity contribution in [3.63, 3.8) is 0 Å². The lowest BCUT2D eigenvalue weighted by molar-refractivity contribution is 0.472. The molecule has 0 amide bonds. The zero-order chi connectivity index (χ0) is 14.8. The molecule has 4 heteroatoms. The van der Waals surface area contributed by atoms with Crippen molar-refractivity contribution in [2.24, 2.45) is 0 Å². The molecule has 0 atom stereocenters. The van der Waals surface area contributed by atoms with Crippen molar-refractivity contribution >= 4 is 22.4 Å². The van der Waals surface area contributed by atoms with Crippen molar-refractivity contribution in [3.05, 3.63) is 53.9 Å². The summed E-state index contributed by atoms with van der Waals surface area (Å²) < 4.78 is 0. The molecule has 0 bridgehead atoms. The predicted octanol–water partition coefficient (Wildman–Crippen LogP) is 3.37. The van der Waals surface area contributed by atoms with Crippen LogP contribution in [0.2, 0.25) is 0 Å². The van der Waals surface area contributed by atoms with Crippen LogP contribution in [-0.4, -0.2) is 15.1 Å². The largest absolute Gasteiger partial charge is 0.508 e. The van der Waals surface area contributed by atoms with Gasteiger partial charge in [-0.3, -0.25) is 0 Å². The number of hydrogen-bond donors (Lipinski definition) is 2. The van der Waals surface area contributed by atoms with Gasteiger partial charge in [0.2, 0.25) is 0 Å². The summed E-state index contributed by atoms with van der Waals surface area (Å²) in [4.78, 5) is 8.47. The molecule has 21 heavy (non-hydrogen) atoms. The molecule has 0 saturated carbocycles. The van der Waals surface area contributed by atoms with Gasteiger partial charge in [0, 0.05) is 16.6 Å². The van der Waals surface area contributed by atoms with Gasteiger partial charge in [0.1, 0.15) is 17.9 Å². The Balaban J connectivity index is 2.08. The first-order chi connectivity index (χ1) is 10.2. The van der Waals surface area contributed by atoms with Crippen LogP contribution in [0.4, 0.5) is 11.5 Å². The maximum absolute atomic E-state index is 9.88. The number of aromatic nitrogens is 2. The van der Waals surface area contributed by atoms with E-state index in [0.29, 0.717) is 5.82 Å². The lowest BCUT2D eigenvalue weighted by Gasteiger charge is -2.10. The molecule has 102 valence electrons. The Bertz CT molecular complexity index is 866. The number of phenols is 1. The second kappa shape index (κ2) is 5.14. The number of hydrogen-bond acceptors (Lipinski definition) is 4. The van der Waals surface area contributed by atoms with Gasteiger partial charge >= 0.3 is 0 Å². The molecule has 1 aromatic heterocycles. The Morgan fingerprint density at radius 2 is 2.05 bits per heavy atom. The summed E-state index contributed by atoms with van der Waals surface area (Å²) >= 11 is 0. The van der Waals surface area contributed by atoms with Crippen molar-refractivity contribution in [2.75, 3.05) is 5.32 Å². The van der Waals surface area contributed by atoms with Crippen LogP contribution in [0.3, 0.4) is 0 Å². The van der Waals surface area contributed by atoms with Crippen LogP contribution >= 0.6 is 0 Å². The van der Waals surface area contributed by atoms with E-state index >= 15 is 0 Å². The highest BCUT2D eigenvalue weighted by Gasteiger charge is 2.07. The van der Waals surface area contributed by atoms with E-state index in [2.05, 4.69) is 21.2 Å². The normalized spacial score (nSPS) is 10.3. The Labute approximate surface area is 122 Å². The first-order valence-corrected chi connectivity index (χ1v) is 6.45. The van der Waals surface area contributed by atoms with E-state index in [4.69, 9.17) is 6.42 Å². The number of rotatable bonds is 2. The van der Waals surface area contributed by atoms with E-state index in [0.717, 1.165) is 27.7 Å². The highest BCUT2D eigenvalue weighted by atomic mass is 16.3. The number of aromatic hydroxyl groups is 1. The zero-order valence-electron chi connectivity index (χ0n) is 11.5. The number of terminal acetylenes is 1. The van der Waals surface area contributed by atoms with Crippen molar-refractivity contribution in [2.45, 2.75) is 6.92 Å². The van der Waals surface area contributed by atoms with Crippen molar-refractivity contribution in [1.82, 2.24) is 9.97 Å². The third-order valence-corrected chi connectivity index (χ3v) is 3.25. The smallest absolute Gasteiger partial charge is 0.141 e. The maximum atomic E-state index is 9.88. The Kier molecular flexibility index (Phi) is 3.17. The van der Waals surface area contributed by atoms with Crippen LogP contribution in [0.1, 0.15) is 11.1 Å². The van der Waals surface area contributed by atoms with Crippen molar-refractivity contribution in [1.29, 1.82) is 0 Å². The van der Waals surface area contributed by atoms with Crippen molar-refractivity contribution < 1.29 is 5.11 Å². The van der Waals surface area contributed by atoms with Gasteiger partial charge < -0.3 is 10.4 Å². The fraction of sp³-hybridized carbons (Fsp3) is 0.0588. The van der Waals surface area contributed by atoms with Gasteiger partial charge in [-0.2, -0.15) is 0 Å². The number of fused-ring (bicyclic) bond motifs is 1. The van der Waals surface area contributed by atoms with Crippen molar-refractivity contribution in [3.8, 4) is 18.1 Å². The summed E-state index contributed by atoms with van der Waals surface area (Å²) in [6, 6.07) is 11.0. The summed E-state index contributed by atoms with van der Waals surface area (Å²) in [5.74, 6) is 3.44. The molecule has 0 saturated heterocycles.